The van der Waals surface area contributed by atoms with Crippen LogP contribution in [0.15, 0.2) is 29.2 Å². The average molecular weight is 311 g/mol. The Kier molecular flexibility index (Phi) is 3.46. The van der Waals surface area contributed by atoms with E-state index in [1.165, 1.54) is 22.5 Å². The number of nitrogens with zero attached hydrogens (tertiary/aromatic N) is 2. The zero-order valence-electron chi connectivity index (χ0n) is 11.4. The first-order valence-electron chi connectivity index (χ1n) is 6.90. The van der Waals surface area contributed by atoms with Crippen molar-refractivity contribution in [2.24, 2.45) is 17.6 Å². The highest BCUT2D eigenvalue weighted by atomic mass is 32.2. The van der Waals surface area contributed by atoms with E-state index in [4.69, 9.17) is 5.73 Å². The number of nitro groups is 1. The van der Waals surface area contributed by atoms with E-state index in [1.807, 2.05) is 0 Å². The fraction of sp³-hybridized carbons (Fsp3) is 0.538. The predicted octanol–water partition coefficient (Wildman–Crippen LogP) is 0.953. The molecule has 1 aliphatic heterocycles. The molecule has 3 rings (SSSR count). The van der Waals surface area contributed by atoms with Gasteiger partial charge in [0.15, 0.2) is 0 Å². The van der Waals surface area contributed by atoms with Crippen molar-refractivity contribution in [3.05, 3.63) is 34.4 Å². The summed E-state index contributed by atoms with van der Waals surface area (Å²) in [6.07, 6.45) is 1.90. The molecule has 2 aliphatic rings. The number of fused-ring (bicyclic) bond motifs is 1. The fourth-order valence-electron chi connectivity index (χ4n) is 3.37. The van der Waals surface area contributed by atoms with E-state index in [2.05, 4.69) is 0 Å². The third-order valence-corrected chi connectivity index (χ3v) is 6.37. The minimum absolute atomic E-state index is 0.0229. The molecule has 1 heterocycles. The minimum atomic E-state index is -3.69. The molecule has 0 radical (unpaired) electrons. The van der Waals surface area contributed by atoms with E-state index in [0.717, 1.165) is 18.9 Å². The smallest absolute Gasteiger partial charge is 0.270 e. The molecule has 2 fully saturated rings. The topological polar surface area (TPSA) is 107 Å². The molecule has 0 spiro atoms. The summed E-state index contributed by atoms with van der Waals surface area (Å²) in [7, 11) is -3.69. The first-order valence-corrected chi connectivity index (χ1v) is 8.34. The second kappa shape index (κ2) is 5.04. The second-order valence-electron chi connectivity index (χ2n) is 5.74. The maximum Gasteiger partial charge on any atom is 0.270 e. The lowest BCUT2D eigenvalue weighted by molar-refractivity contribution is -0.385. The molecule has 1 aromatic carbocycles. The van der Waals surface area contributed by atoms with Crippen molar-refractivity contribution in [2.75, 3.05) is 13.1 Å². The van der Waals surface area contributed by atoms with Crippen LogP contribution in [0.25, 0.3) is 0 Å². The number of non-ortho nitro benzene ring substituents is 1. The van der Waals surface area contributed by atoms with Crippen molar-refractivity contribution < 1.29 is 13.3 Å². The highest BCUT2D eigenvalue weighted by Crippen LogP contribution is 2.39. The summed E-state index contributed by atoms with van der Waals surface area (Å²) in [5.74, 6) is 0.520. The normalized spacial score (nSPS) is 29.5. The van der Waals surface area contributed by atoms with Gasteiger partial charge in [0.05, 0.1) is 9.82 Å². The van der Waals surface area contributed by atoms with E-state index < -0.39 is 14.9 Å². The Bertz CT molecular complexity index is 676. The van der Waals surface area contributed by atoms with E-state index in [0.29, 0.717) is 19.0 Å². The molecule has 3 atom stereocenters. The van der Waals surface area contributed by atoms with Crippen LogP contribution in [0.4, 0.5) is 5.69 Å². The van der Waals surface area contributed by atoms with Gasteiger partial charge < -0.3 is 5.73 Å². The zero-order valence-corrected chi connectivity index (χ0v) is 12.2. The number of hydrogen-bond donors (Lipinski definition) is 1. The molecule has 1 saturated heterocycles. The van der Waals surface area contributed by atoms with Crippen molar-refractivity contribution in [1.82, 2.24) is 4.31 Å². The van der Waals surface area contributed by atoms with Crippen molar-refractivity contribution >= 4 is 15.7 Å². The van der Waals surface area contributed by atoms with Gasteiger partial charge in [0.1, 0.15) is 0 Å². The Morgan fingerprint density at radius 3 is 2.71 bits per heavy atom. The van der Waals surface area contributed by atoms with E-state index >= 15 is 0 Å². The van der Waals surface area contributed by atoms with Crippen LogP contribution in [-0.2, 0) is 10.0 Å². The van der Waals surface area contributed by atoms with Crippen LogP contribution < -0.4 is 5.73 Å². The summed E-state index contributed by atoms with van der Waals surface area (Å²) >= 11 is 0. The van der Waals surface area contributed by atoms with Crippen molar-refractivity contribution in [3.8, 4) is 0 Å². The Hall–Kier alpha value is -1.51. The van der Waals surface area contributed by atoms with Gasteiger partial charge in [-0.05, 0) is 30.7 Å². The maximum absolute atomic E-state index is 12.6. The van der Waals surface area contributed by atoms with Crippen molar-refractivity contribution in [2.45, 2.75) is 23.8 Å². The number of benzene rings is 1. The number of rotatable bonds is 3. The molecule has 3 unspecified atom stereocenters. The molecule has 2 N–H and O–H groups in total. The van der Waals surface area contributed by atoms with Crippen LogP contribution >= 0.6 is 0 Å². The molecule has 1 saturated carbocycles. The number of sulfonamides is 1. The lowest BCUT2D eigenvalue weighted by atomic mass is 9.98. The Morgan fingerprint density at radius 1 is 1.29 bits per heavy atom. The molecular formula is C13H17N3O4S. The molecular weight excluding hydrogens is 294 g/mol. The van der Waals surface area contributed by atoms with Gasteiger partial charge in [-0.15, -0.1) is 0 Å². The van der Waals surface area contributed by atoms with Gasteiger partial charge in [-0.25, -0.2) is 8.42 Å². The van der Waals surface area contributed by atoms with Crippen molar-refractivity contribution in [3.63, 3.8) is 0 Å². The summed E-state index contributed by atoms with van der Waals surface area (Å²) in [5, 5.41) is 10.8. The van der Waals surface area contributed by atoms with Gasteiger partial charge in [-0.2, -0.15) is 4.31 Å². The van der Waals surface area contributed by atoms with Crippen LogP contribution in [0.2, 0.25) is 0 Å². The summed E-state index contributed by atoms with van der Waals surface area (Å²) in [5.41, 5.74) is 5.80. The summed E-state index contributed by atoms with van der Waals surface area (Å²) in [4.78, 5) is 10.2. The van der Waals surface area contributed by atoms with Gasteiger partial charge in [-0.3, -0.25) is 10.1 Å². The molecule has 0 amide bonds. The molecule has 21 heavy (non-hydrogen) atoms. The van der Waals surface area contributed by atoms with Crippen LogP contribution in [0, 0.1) is 22.0 Å². The minimum Gasteiger partial charge on any atom is -0.327 e. The monoisotopic (exact) mass is 311 g/mol. The first kappa shape index (κ1) is 14.4. The molecule has 8 heteroatoms. The molecule has 1 aliphatic carbocycles. The van der Waals surface area contributed by atoms with Crippen LogP contribution in [0.1, 0.15) is 12.8 Å². The number of nitro benzene ring substituents is 1. The number of nitrogens with two attached hydrogens (primary N) is 1. The molecule has 0 aromatic heterocycles. The molecule has 114 valence electrons. The summed E-state index contributed by atoms with van der Waals surface area (Å²) in [6.45, 7) is 0.875. The lowest BCUT2D eigenvalue weighted by Gasteiger charge is -2.18. The summed E-state index contributed by atoms with van der Waals surface area (Å²) < 4.78 is 26.6. The summed E-state index contributed by atoms with van der Waals surface area (Å²) in [6, 6.07) is 5.25. The predicted molar refractivity (Wildman–Crippen MR) is 76.0 cm³/mol. The number of hydrogen-bond acceptors (Lipinski definition) is 5. The Balaban J connectivity index is 1.88. The molecule has 7 nitrogen and oxygen atoms in total. The third-order valence-electron chi connectivity index (χ3n) is 4.55. The first-order chi connectivity index (χ1) is 9.89. The van der Waals surface area contributed by atoms with Crippen LogP contribution in [0.3, 0.4) is 0 Å². The van der Waals surface area contributed by atoms with Crippen LogP contribution in [-0.4, -0.2) is 36.8 Å². The zero-order chi connectivity index (χ0) is 15.2. The van der Waals surface area contributed by atoms with Gasteiger partial charge in [-0.1, -0.05) is 6.07 Å². The third kappa shape index (κ3) is 2.43. The standard InChI is InChI=1S/C13H17N3O4S/c14-13-5-4-9-7-15(8-12(9)13)21(19,20)11-3-1-2-10(6-11)16(17)18/h1-3,6,9,12-13H,4-5,7-8,14H2. The van der Waals surface area contributed by atoms with Gasteiger partial charge >= 0.3 is 0 Å². The Labute approximate surface area is 122 Å². The van der Waals surface area contributed by atoms with E-state index in [9.17, 15) is 18.5 Å². The molecule has 0 bridgehead atoms. The highest BCUT2D eigenvalue weighted by molar-refractivity contribution is 7.89. The van der Waals surface area contributed by atoms with E-state index in [1.54, 1.807) is 0 Å². The van der Waals surface area contributed by atoms with E-state index in [-0.39, 0.29) is 22.5 Å². The quantitative estimate of drug-likeness (QED) is 0.660. The van der Waals surface area contributed by atoms with Gasteiger partial charge in [0.25, 0.3) is 5.69 Å². The molecule has 1 aromatic rings. The van der Waals surface area contributed by atoms with Crippen LogP contribution in [0.5, 0.6) is 0 Å². The highest BCUT2D eigenvalue weighted by Gasteiger charge is 2.45. The lowest BCUT2D eigenvalue weighted by Crippen LogP contribution is -2.33. The van der Waals surface area contributed by atoms with Crippen molar-refractivity contribution in [1.29, 1.82) is 0 Å². The largest absolute Gasteiger partial charge is 0.327 e. The van der Waals surface area contributed by atoms with Gasteiger partial charge in [0.2, 0.25) is 10.0 Å². The Morgan fingerprint density at radius 2 is 2.05 bits per heavy atom. The maximum atomic E-state index is 12.6. The second-order valence-corrected chi connectivity index (χ2v) is 7.68. The average Bonchev–Trinajstić information content (AvgIpc) is 3.02. The fourth-order valence-corrected chi connectivity index (χ4v) is 4.94. The SMILES string of the molecule is NC1CCC2CN(S(=O)(=O)c3cccc([N+](=O)[O-])c3)CC12. The van der Waals surface area contributed by atoms with Gasteiger partial charge in [0, 0.05) is 31.3 Å².